The molecule has 5 heteroatoms. The fourth-order valence-electron chi connectivity index (χ4n) is 1.73. The van der Waals surface area contributed by atoms with Gasteiger partial charge in [-0.05, 0) is 19.3 Å². The van der Waals surface area contributed by atoms with Crippen molar-refractivity contribution in [3.63, 3.8) is 0 Å². The summed E-state index contributed by atoms with van der Waals surface area (Å²) in [4.78, 5) is 0. The van der Waals surface area contributed by atoms with Gasteiger partial charge in [-0.3, -0.25) is 5.32 Å². The van der Waals surface area contributed by atoms with Gasteiger partial charge < -0.3 is 0 Å². The summed E-state index contributed by atoms with van der Waals surface area (Å²) < 4.78 is 36.0. The van der Waals surface area contributed by atoms with E-state index in [1.54, 1.807) is 0 Å². The van der Waals surface area contributed by atoms with E-state index in [1.165, 1.54) is 6.92 Å². The molecule has 0 aromatic rings. The normalized spacial score (nSPS) is 21.5. The van der Waals surface area contributed by atoms with Crippen molar-refractivity contribution in [3.8, 4) is 6.07 Å². The van der Waals surface area contributed by atoms with Crippen molar-refractivity contribution in [1.29, 1.82) is 5.26 Å². The predicted molar refractivity (Wildman–Crippen MR) is 50.0 cm³/mol. The first-order valence-corrected chi connectivity index (χ1v) is 5.08. The summed E-state index contributed by atoms with van der Waals surface area (Å²) in [5.74, 6) is 0.412. The molecular formula is C10H15F3N2. The number of nitriles is 1. The highest BCUT2D eigenvalue weighted by Gasteiger charge is 2.35. The van der Waals surface area contributed by atoms with Crippen molar-refractivity contribution < 1.29 is 13.2 Å². The molecule has 1 rings (SSSR count). The van der Waals surface area contributed by atoms with Crippen LogP contribution in [0.15, 0.2) is 0 Å². The molecule has 0 aliphatic heterocycles. The lowest BCUT2D eigenvalue weighted by Crippen LogP contribution is -2.47. The molecule has 0 amide bonds. The highest BCUT2D eigenvalue weighted by molar-refractivity contribution is 5.05. The Balaban J connectivity index is 2.41. The first kappa shape index (κ1) is 12.3. The van der Waals surface area contributed by atoms with Crippen molar-refractivity contribution in [3.05, 3.63) is 0 Å². The second kappa shape index (κ2) is 4.40. The smallest absolute Gasteiger partial charge is 0.291 e. The Hall–Kier alpha value is -0.760. The first-order valence-electron chi connectivity index (χ1n) is 5.08. The van der Waals surface area contributed by atoms with Crippen LogP contribution in [0, 0.1) is 17.2 Å². The quantitative estimate of drug-likeness (QED) is 0.790. The number of rotatable bonds is 4. The standard InChI is InChI=1S/C10H15F3N2/c1-9(6-14,5-8-3-2-4-8)15-7-10(11,12)13/h8,15H,2-5,7H2,1H3. The summed E-state index contributed by atoms with van der Waals surface area (Å²) in [5.41, 5.74) is -1.04. The van der Waals surface area contributed by atoms with E-state index in [2.05, 4.69) is 5.32 Å². The highest BCUT2D eigenvalue weighted by atomic mass is 19.4. The molecule has 1 unspecified atom stereocenters. The zero-order valence-corrected chi connectivity index (χ0v) is 8.69. The SMILES string of the molecule is CC(C#N)(CC1CCC1)NCC(F)(F)F. The van der Waals surface area contributed by atoms with Crippen molar-refractivity contribution in [1.82, 2.24) is 5.32 Å². The van der Waals surface area contributed by atoms with E-state index in [9.17, 15) is 13.2 Å². The van der Waals surface area contributed by atoms with Gasteiger partial charge >= 0.3 is 6.18 Å². The zero-order valence-electron chi connectivity index (χ0n) is 8.69. The summed E-state index contributed by atoms with van der Waals surface area (Å²) in [6, 6.07) is 1.94. The van der Waals surface area contributed by atoms with Gasteiger partial charge in [0.25, 0.3) is 0 Å². The second-order valence-electron chi connectivity index (χ2n) is 4.41. The number of halogens is 3. The van der Waals surface area contributed by atoms with Crippen LogP contribution in [0.3, 0.4) is 0 Å². The highest BCUT2D eigenvalue weighted by Crippen LogP contribution is 2.33. The fourth-order valence-corrected chi connectivity index (χ4v) is 1.73. The molecule has 0 bridgehead atoms. The van der Waals surface area contributed by atoms with E-state index in [1.807, 2.05) is 6.07 Å². The minimum atomic E-state index is -4.25. The number of hydrogen-bond acceptors (Lipinski definition) is 2. The van der Waals surface area contributed by atoms with Gasteiger partial charge in [0.1, 0.15) is 5.54 Å². The maximum atomic E-state index is 12.0. The molecule has 1 fully saturated rings. The monoisotopic (exact) mass is 220 g/mol. The third-order valence-electron chi connectivity index (χ3n) is 2.85. The van der Waals surface area contributed by atoms with Gasteiger partial charge in [0.15, 0.2) is 0 Å². The van der Waals surface area contributed by atoms with Gasteiger partial charge in [0.2, 0.25) is 0 Å². The van der Waals surface area contributed by atoms with Crippen molar-refractivity contribution in [2.24, 2.45) is 5.92 Å². The molecule has 86 valence electrons. The number of alkyl halides is 3. The Morgan fingerprint density at radius 3 is 2.33 bits per heavy atom. The van der Waals surface area contributed by atoms with Crippen LogP contribution < -0.4 is 5.32 Å². The summed E-state index contributed by atoms with van der Waals surface area (Å²) in [6.45, 7) is 0.445. The van der Waals surface area contributed by atoms with Crippen LogP contribution in [-0.4, -0.2) is 18.3 Å². The molecule has 1 saturated carbocycles. The third-order valence-corrected chi connectivity index (χ3v) is 2.85. The van der Waals surface area contributed by atoms with E-state index in [-0.39, 0.29) is 0 Å². The Kier molecular flexibility index (Phi) is 3.61. The Bertz CT molecular complexity index is 252. The van der Waals surface area contributed by atoms with Gasteiger partial charge in [-0.15, -0.1) is 0 Å². The molecule has 0 radical (unpaired) electrons. The lowest BCUT2D eigenvalue weighted by atomic mass is 9.77. The molecule has 0 aromatic carbocycles. The average molecular weight is 220 g/mol. The number of hydrogen-bond donors (Lipinski definition) is 1. The predicted octanol–water partition coefficient (Wildman–Crippen LogP) is 2.61. The molecule has 1 aliphatic rings. The Morgan fingerprint density at radius 1 is 1.40 bits per heavy atom. The number of nitrogens with zero attached hydrogens (tertiary/aromatic N) is 1. The van der Waals surface area contributed by atoms with Crippen LogP contribution in [0.25, 0.3) is 0 Å². The van der Waals surface area contributed by atoms with Crippen LogP contribution in [0.2, 0.25) is 0 Å². The van der Waals surface area contributed by atoms with Gasteiger partial charge in [0, 0.05) is 0 Å². The molecule has 1 N–H and O–H groups in total. The van der Waals surface area contributed by atoms with Crippen LogP contribution in [-0.2, 0) is 0 Å². The van der Waals surface area contributed by atoms with Crippen LogP contribution in [0.4, 0.5) is 13.2 Å². The van der Waals surface area contributed by atoms with Gasteiger partial charge in [-0.25, -0.2) is 0 Å². The van der Waals surface area contributed by atoms with Crippen LogP contribution in [0.5, 0.6) is 0 Å². The van der Waals surface area contributed by atoms with Crippen molar-refractivity contribution in [2.45, 2.75) is 44.3 Å². The molecule has 1 aliphatic carbocycles. The third kappa shape index (κ3) is 4.08. The summed E-state index contributed by atoms with van der Waals surface area (Å²) in [5, 5.41) is 11.2. The topological polar surface area (TPSA) is 35.8 Å². The van der Waals surface area contributed by atoms with Gasteiger partial charge in [-0.1, -0.05) is 19.3 Å². The fraction of sp³-hybridized carbons (Fsp3) is 0.900. The van der Waals surface area contributed by atoms with Gasteiger partial charge in [-0.2, -0.15) is 18.4 Å². The minimum Gasteiger partial charge on any atom is -0.291 e. The molecular weight excluding hydrogens is 205 g/mol. The van der Waals surface area contributed by atoms with E-state index in [0.29, 0.717) is 12.3 Å². The first-order chi connectivity index (χ1) is 6.85. The maximum absolute atomic E-state index is 12.0. The average Bonchev–Trinajstić information content (AvgIpc) is 2.07. The molecule has 0 saturated heterocycles. The van der Waals surface area contributed by atoms with E-state index in [4.69, 9.17) is 5.26 Å². The zero-order chi connectivity index (χ0) is 11.5. The Morgan fingerprint density at radius 2 is 2.00 bits per heavy atom. The van der Waals surface area contributed by atoms with Crippen molar-refractivity contribution in [2.75, 3.05) is 6.54 Å². The summed E-state index contributed by atoms with van der Waals surface area (Å²) >= 11 is 0. The Labute approximate surface area is 87.5 Å². The molecule has 1 atom stereocenters. The minimum absolute atomic E-state index is 0.412. The van der Waals surface area contributed by atoms with Crippen LogP contribution in [0.1, 0.15) is 32.6 Å². The lowest BCUT2D eigenvalue weighted by Gasteiger charge is -2.33. The molecule has 0 spiro atoms. The van der Waals surface area contributed by atoms with E-state index in [0.717, 1.165) is 19.3 Å². The molecule has 2 nitrogen and oxygen atoms in total. The largest absolute Gasteiger partial charge is 0.401 e. The summed E-state index contributed by atoms with van der Waals surface area (Å²) in [7, 11) is 0. The van der Waals surface area contributed by atoms with Crippen LogP contribution >= 0.6 is 0 Å². The van der Waals surface area contributed by atoms with Gasteiger partial charge in [0.05, 0.1) is 12.6 Å². The van der Waals surface area contributed by atoms with Crippen molar-refractivity contribution >= 4 is 0 Å². The number of nitrogens with one attached hydrogen (secondary N) is 1. The molecule has 0 aromatic heterocycles. The summed E-state index contributed by atoms with van der Waals surface area (Å²) in [6.07, 6.45) is -0.543. The molecule has 15 heavy (non-hydrogen) atoms. The lowest BCUT2D eigenvalue weighted by molar-refractivity contribution is -0.127. The molecule has 0 heterocycles. The van der Waals surface area contributed by atoms with E-state index < -0.39 is 18.3 Å². The maximum Gasteiger partial charge on any atom is 0.401 e. The second-order valence-corrected chi connectivity index (χ2v) is 4.41. The van der Waals surface area contributed by atoms with E-state index >= 15 is 0 Å².